The highest BCUT2D eigenvalue weighted by Crippen LogP contribution is 2.14. The van der Waals surface area contributed by atoms with Crippen molar-refractivity contribution in [3.63, 3.8) is 0 Å². The summed E-state index contributed by atoms with van der Waals surface area (Å²) in [7, 11) is 0. The molecule has 1 unspecified atom stereocenters. The highest BCUT2D eigenvalue weighted by Gasteiger charge is 2.10. The summed E-state index contributed by atoms with van der Waals surface area (Å²) in [4.78, 5) is 11.9. The van der Waals surface area contributed by atoms with Crippen LogP contribution in [0.5, 0.6) is 0 Å². The zero-order chi connectivity index (χ0) is 15.2. The van der Waals surface area contributed by atoms with Crippen LogP contribution in [0.25, 0.3) is 0 Å². The van der Waals surface area contributed by atoms with Gasteiger partial charge in [0.1, 0.15) is 0 Å². The molecular weight excluding hydrogens is 264 g/mol. The first-order valence-electron chi connectivity index (χ1n) is 7.06. The maximum Gasteiger partial charge on any atom is 0.272 e. The molecule has 0 bridgehead atoms. The molecular formula is C16H20N4O. The summed E-state index contributed by atoms with van der Waals surface area (Å²) in [5.41, 5.74) is 2.46. The minimum Gasteiger partial charge on any atom is -0.348 e. The molecule has 5 heteroatoms. The van der Waals surface area contributed by atoms with Gasteiger partial charge in [-0.2, -0.15) is 0 Å². The fraction of sp³-hybridized carbons (Fsp3) is 0.312. The molecule has 0 saturated carbocycles. The number of aryl methyl sites for hydroxylation is 1. The molecule has 0 spiro atoms. The quantitative estimate of drug-likeness (QED) is 0.885. The Bertz CT molecular complexity index is 593. The maximum atomic E-state index is 11.9. The Labute approximate surface area is 124 Å². The van der Waals surface area contributed by atoms with E-state index < -0.39 is 0 Å². The maximum absolute atomic E-state index is 11.9. The van der Waals surface area contributed by atoms with Crippen LogP contribution in [0.2, 0.25) is 0 Å². The van der Waals surface area contributed by atoms with E-state index in [4.69, 9.17) is 0 Å². The summed E-state index contributed by atoms with van der Waals surface area (Å²) >= 11 is 0. The molecule has 0 aliphatic rings. The van der Waals surface area contributed by atoms with Crippen LogP contribution in [0.15, 0.2) is 36.4 Å². The Morgan fingerprint density at radius 3 is 2.43 bits per heavy atom. The number of carbonyl (C=O) groups excluding carboxylic acids is 1. The summed E-state index contributed by atoms with van der Waals surface area (Å²) in [5.74, 6) is 0.415. The van der Waals surface area contributed by atoms with Gasteiger partial charge in [0.15, 0.2) is 11.5 Å². The van der Waals surface area contributed by atoms with Crippen LogP contribution in [-0.2, 0) is 0 Å². The Morgan fingerprint density at radius 2 is 1.86 bits per heavy atom. The second-order valence-electron chi connectivity index (χ2n) is 5.08. The number of anilines is 2. The van der Waals surface area contributed by atoms with E-state index in [9.17, 15) is 4.79 Å². The molecule has 2 rings (SSSR count). The van der Waals surface area contributed by atoms with E-state index in [-0.39, 0.29) is 11.9 Å². The molecule has 1 amide bonds. The number of benzene rings is 1. The second-order valence-corrected chi connectivity index (χ2v) is 5.08. The summed E-state index contributed by atoms with van der Waals surface area (Å²) in [6, 6.07) is 11.5. The number of aromatic nitrogens is 2. The highest BCUT2D eigenvalue weighted by molar-refractivity contribution is 5.92. The molecule has 1 aromatic carbocycles. The first-order chi connectivity index (χ1) is 10.1. The van der Waals surface area contributed by atoms with Crippen molar-refractivity contribution in [3.05, 3.63) is 47.7 Å². The van der Waals surface area contributed by atoms with Gasteiger partial charge in [-0.15, -0.1) is 10.2 Å². The number of hydrogen-bond acceptors (Lipinski definition) is 4. The van der Waals surface area contributed by atoms with E-state index >= 15 is 0 Å². The zero-order valence-corrected chi connectivity index (χ0v) is 12.6. The van der Waals surface area contributed by atoms with Gasteiger partial charge in [-0.1, -0.05) is 24.6 Å². The van der Waals surface area contributed by atoms with Gasteiger partial charge in [0, 0.05) is 11.7 Å². The van der Waals surface area contributed by atoms with E-state index in [0.29, 0.717) is 11.5 Å². The van der Waals surface area contributed by atoms with Crippen molar-refractivity contribution < 1.29 is 4.79 Å². The number of amides is 1. The topological polar surface area (TPSA) is 66.9 Å². The lowest BCUT2D eigenvalue weighted by molar-refractivity contribution is 0.0933. The normalized spacial score (nSPS) is 11.8. The third-order valence-electron chi connectivity index (χ3n) is 3.21. The minimum atomic E-state index is -0.196. The van der Waals surface area contributed by atoms with Gasteiger partial charge in [0.25, 0.3) is 5.91 Å². The van der Waals surface area contributed by atoms with Crippen LogP contribution in [-0.4, -0.2) is 22.1 Å². The predicted octanol–water partition coefficient (Wildman–Crippen LogP) is 3.06. The van der Waals surface area contributed by atoms with Crippen LogP contribution < -0.4 is 10.6 Å². The summed E-state index contributed by atoms with van der Waals surface area (Å²) in [5, 5.41) is 14.0. The first kappa shape index (κ1) is 15.0. The van der Waals surface area contributed by atoms with Gasteiger partial charge in [-0.3, -0.25) is 4.79 Å². The highest BCUT2D eigenvalue weighted by atomic mass is 16.2. The molecule has 0 aliphatic carbocycles. The SMILES string of the molecule is CCC(C)NC(=O)c1ccc(Nc2ccc(C)cc2)nn1. The van der Waals surface area contributed by atoms with Crippen molar-refractivity contribution >= 4 is 17.4 Å². The van der Waals surface area contributed by atoms with E-state index in [1.807, 2.05) is 45.0 Å². The molecule has 21 heavy (non-hydrogen) atoms. The van der Waals surface area contributed by atoms with Crippen molar-refractivity contribution in [2.24, 2.45) is 0 Å². The fourth-order valence-electron chi connectivity index (χ4n) is 1.70. The van der Waals surface area contributed by atoms with Crippen LogP contribution in [0, 0.1) is 6.92 Å². The van der Waals surface area contributed by atoms with Crippen molar-refractivity contribution in [3.8, 4) is 0 Å². The fourth-order valence-corrected chi connectivity index (χ4v) is 1.70. The molecule has 0 radical (unpaired) electrons. The van der Waals surface area contributed by atoms with Crippen molar-refractivity contribution in [2.75, 3.05) is 5.32 Å². The van der Waals surface area contributed by atoms with Crippen LogP contribution in [0.3, 0.4) is 0 Å². The van der Waals surface area contributed by atoms with Crippen LogP contribution in [0.4, 0.5) is 11.5 Å². The van der Waals surface area contributed by atoms with E-state index in [1.165, 1.54) is 5.56 Å². The molecule has 2 aromatic rings. The Kier molecular flexibility index (Phi) is 4.87. The lowest BCUT2D eigenvalue weighted by Crippen LogP contribution is -2.32. The Hall–Kier alpha value is -2.43. The monoisotopic (exact) mass is 284 g/mol. The number of hydrogen-bond donors (Lipinski definition) is 2. The Morgan fingerprint density at radius 1 is 1.14 bits per heavy atom. The van der Waals surface area contributed by atoms with Gasteiger partial charge in [0.05, 0.1) is 0 Å². The lowest BCUT2D eigenvalue weighted by Gasteiger charge is -2.10. The summed E-state index contributed by atoms with van der Waals surface area (Å²) in [6.45, 7) is 6.01. The summed E-state index contributed by atoms with van der Waals surface area (Å²) < 4.78 is 0. The molecule has 2 N–H and O–H groups in total. The van der Waals surface area contributed by atoms with Crippen molar-refractivity contribution in [2.45, 2.75) is 33.2 Å². The number of rotatable bonds is 5. The number of carbonyl (C=O) groups is 1. The molecule has 5 nitrogen and oxygen atoms in total. The molecule has 0 saturated heterocycles. The average Bonchev–Trinajstić information content (AvgIpc) is 2.50. The minimum absolute atomic E-state index is 0.129. The van der Waals surface area contributed by atoms with E-state index in [2.05, 4.69) is 20.8 Å². The predicted molar refractivity (Wildman–Crippen MR) is 83.7 cm³/mol. The zero-order valence-electron chi connectivity index (χ0n) is 12.6. The molecule has 110 valence electrons. The third kappa shape index (κ3) is 4.27. The molecule has 0 fully saturated rings. The van der Waals surface area contributed by atoms with Gasteiger partial charge in [-0.05, 0) is 44.5 Å². The third-order valence-corrected chi connectivity index (χ3v) is 3.21. The van der Waals surface area contributed by atoms with Gasteiger partial charge in [-0.25, -0.2) is 0 Å². The van der Waals surface area contributed by atoms with Crippen LogP contribution in [0.1, 0.15) is 36.3 Å². The smallest absolute Gasteiger partial charge is 0.272 e. The largest absolute Gasteiger partial charge is 0.348 e. The van der Waals surface area contributed by atoms with E-state index in [0.717, 1.165) is 12.1 Å². The number of nitrogens with one attached hydrogen (secondary N) is 2. The molecule has 0 aliphatic heterocycles. The van der Waals surface area contributed by atoms with Crippen molar-refractivity contribution in [1.82, 2.24) is 15.5 Å². The van der Waals surface area contributed by atoms with Gasteiger partial charge in [0.2, 0.25) is 0 Å². The molecule has 1 aromatic heterocycles. The van der Waals surface area contributed by atoms with Crippen LogP contribution >= 0.6 is 0 Å². The van der Waals surface area contributed by atoms with Crippen molar-refractivity contribution in [1.29, 1.82) is 0 Å². The first-order valence-corrected chi connectivity index (χ1v) is 7.06. The average molecular weight is 284 g/mol. The van der Waals surface area contributed by atoms with E-state index in [1.54, 1.807) is 12.1 Å². The standard InChI is InChI=1S/C16H20N4O/c1-4-12(3)17-16(21)14-9-10-15(20-19-14)18-13-7-5-11(2)6-8-13/h5-10,12H,4H2,1-3H3,(H,17,21)(H,18,20). The van der Waals surface area contributed by atoms with Gasteiger partial charge >= 0.3 is 0 Å². The number of nitrogens with zero attached hydrogens (tertiary/aromatic N) is 2. The van der Waals surface area contributed by atoms with Gasteiger partial charge < -0.3 is 10.6 Å². The Balaban J connectivity index is 2.01. The second kappa shape index (κ2) is 6.83. The molecule has 1 atom stereocenters. The molecule has 1 heterocycles. The lowest BCUT2D eigenvalue weighted by atomic mass is 10.2. The summed E-state index contributed by atoms with van der Waals surface area (Å²) in [6.07, 6.45) is 0.881.